The molecule has 2 aromatic heterocycles. The summed E-state index contributed by atoms with van der Waals surface area (Å²) >= 11 is 0. The number of tetrazole rings is 1. The van der Waals surface area contributed by atoms with Crippen molar-refractivity contribution >= 4 is 11.9 Å². The largest absolute Gasteiger partial charge is 0.305 e. The molecule has 1 atom stereocenters. The summed E-state index contributed by atoms with van der Waals surface area (Å²) in [5.41, 5.74) is 2.57. The van der Waals surface area contributed by atoms with Gasteiger partial charge in [0.05, 0.1) is 5.70 Å². The van der Waals surface area contributed by atoms with Gasteiger partial charge in [0, 0.05) is 43.1 Å². The van der Waals surface area contributed by atoms with Crippen LogP contribution >= 0.6 is 0 Å². The van der Waals surface area contributed by atoms with Gasteiger partial charge in [-0.15, -0.1) is 15.3 Å². The van der Waals surface area contributed by atoms with E-state index < -0.39 is 11.7 Å². The van der Waals surface area contributed by atoms with Crippen LogP contribution in [0.2, 0.25) is 0 Å². The number of nitrogens with one attached hydrogen (secondary N) is 1. The fourth-order valence-corrected chi connectivity index (χ4v) is 3.25. The summed E-state index contributed by atoms with van der Waals surface area (Å²) in [6.07, 6.45) is 5.09. The fourth-order valence-electron chi connectivity index (χ4n) is 3.25. The van der Waals surface area contributed by atoms with Crippen LogP contribution in [0.3, 0.4) is 0 Å². The number of hydrogen-bond acceptors (Lipinski definition) is 6. The van der Waals surface area contributed by atoms with Gasteiger partial charge in [-0.3, -0.25) is 4.99 Å². The third-order valence-electron chi connectivity index (χ3n) is 4.71. The first kappa shape index (κ1) is 19.0. The highest BCUT2D eigenvalue weighted by atomic mass is 19.3. The lowest BCUT2D eigenvalue weighted by atomic mass is 9.96. The minimum atomic E-state index is -3.05. The van der Waals surface area contributed by atoms with E-state index >= 15 is 0 Å². The van der Waals surface area contributed by atoms with Crippen LogP contribution in [0.25, 0.3) is 17.1 Å². The first-order valence-corrected chi connectivity index (χ1v) is 9.35. The monoisotopic (exact) mass is 398 g/mol. The average Bonchev–Trinajstić information content (AvgIpc) is 3.38. The number of allylic oxidation sites excluding steroid dienone is 1. The van der Waals surface area contributed by atoms with E-state index in [4.69, 9.17) is 0 Å². The molecular weight excluding hydrogens is 378 g/mol. The van der Waals surface area contributed by atoms with Gasteiger partial charge in [-0.25, -0.2) is 9.67 Å². The Morgan fingerprint density at radius 2 is 2.03 bits per heavy atom. The summed E-state index contributed by atoms with van der Waals surface area (Å²) in [4.78, 5) is 8.67. The molecule has 0 fully saturated rings. The number of halogens is 2. The maximum atomic E-state index is 13.6. The van der Waals surface area contributed by atoms with Crippen LogP contribution in [-0.4, -0.2) is 41.6 Å². The van der Waals surface area contributed by atoms with Gasteiger partial charge in [-0.05, 0) is 18.6 Å². The maximum absolute atomic E-state index is 13.6. The van der Waals surface area contributed by atoms with Gasteiger partial charge in [-0.1, -0.05) is 30.3 Å². The summed E-state index contributed by atoms with van der Waals surface area (Å²) in [6, 6.07) is 7.71. The standard InChI is InChI=1S/C19H20F2N8/c1-3-29-16(23-18(26-29)19(2,20)21)10-12-8-9-15(22-11-12)13-6-4-5-7-14(13)17-24-27-28-25-17/h4-7,9,11-12H,3,8,10H2,1-2H3,(H,24,25,27,28). The number of aromatic nitrogens is 7. The van der Waals surface area contributed by atoms with E-state index in [1.165, 1.54) is 4.68 Å². The number of rotatable bonds is 6. The van der Waals surface area contributed by atoms with E-state index in [0.717, 1.165) is 23.7 Å². The molecule has 150 valence electrons. The van der Waals surface area contributed by atoms with Crippen molar-refractivity contribution in [3.8, 4) is 11.4 Å². The quantitative estimate of drug-likeness (QED) is 0.687. The first-order valence-electron chi connectivity index (χ1n) is 9.35. The Hall–Kier alpha value is -3.30. The Labute approximate surface area is 165 Å². The lowest BCUT2D eigenvalue weighted by Gasteiger charge is -2.16. The second-order valence-electron chi connectivity index (χ2n) is 6.90. The minimum Gasteiger partial charge on any atom is -0.261 e. The van der Waals surface area contributed by atoms with Crippen LogP contribution in [0, 0.1) is 5.92 Å². The van der Waals surface area contributed by atoms with Crippen LogP contribution in [0.1, 0.15) is 37.5 Å². The van der Waals surface area contributed by atoms with Crippen molar-refractivity contribution in [1.82, 2.24) is 35.4 Å². The van der Waals surface area contributed by atoms with E-state index in [2.05, 4.69) is 35.7 Å². The predicted molar refractivity (Wildman–Crippen MR) is 103 cm³/mol. The molecule has 3 heterocycles. The lowest BCUT2D eigenvalue weighted by Crippen LogP contribution is -2.13. The zero-order chi connectivity index (χ0) is 20.4. The maximum Gasteiger partial charge on any atom is 0.305 e. The number of hydrogen-bond donors (Lipinski definition) is 1. The summed E-state index contributed by atoms with van der Waals surface area (Å²) in [6.45, 7) is 3.16. The van der Waals surface area contributed by atoms with Gasteiger partial charge in [0.2, 0.25) is 11.6 Å². The highest BCUT2D eigenvalue weighted by molar-refractivity contribution is 5.84. The molecule has 1 aliphatic rings. The molecule has 1 N–H and O–H groups in total. The SMILES string of the molecule is CCn1nc(C(C)(F)F)nc1CC1C=NC(c2ccccc2-c2nn[nH]n2)=CC1. The number of alkyl halides is 2. The molecule has 4 rings (SSSR count). The predicted octanol–water partition coefficient (Wildman–Crippen LogP) is 3.26. The van der Waals surface area contributed by atoms with Crippen molar-refractivity contribution in [2.24, 2.45) is 10.9 Å². The van der Waals surface area contributed by atoms with Crippen molar-refractivity contribution in [2.75, 3.05) is 0 Å². The molecule has 0 saturated heterocycles. The molecule has 0 aliphatic carbocycles. The summed E-state index contributed by atoms with van der Waals surface area (Å²) < 4.78 is 28.7. The highest BCUT2D eigenvalue weighted by Gasteiger charge is 2.31. The lowest BCUT2D eigenvalue weighted by molar-refractivity contribution is 0.00754. The van der Waals surface area contributed by atoms with Gasteiger partial charge in [0.25, 0.3) is 0 Å². The van der Waals surface area contributed by atoms with Crippen LogP contribution in [-0.2, 0) is 18.9 Å². The van der Waals surface area contributed by atoms with Gasteiger partial charge in [0.15, 0.2) is 0 Å². The minimum absolute atomic E-state index is 0.0592. The molecule has 0 radical (unpaired) electrons. The zero-order valence-corrected chi connectivity index (χ0v) is 16.0. The molecule has 10 heteroatoms. The molecule has 3 aromatic rings. The number of benzene rings is 1. The number of aliphatic imine (C=N–C) groups is 1. The number of aryl methyl sites for hydroxylation is 1. The second-order valence-corrected chi connectivity index (χ2v) is 6.90. The smallest absolute Gasteiger partial charge is 0.261 e. The first-order chi connectivity index (χ1) is 14.0. The molecule has 1 aliphatic heterocycles. The Morgan fingerprint density at radius 3 is 2.66 bits per heavy atom. The van der Waals surface area contributed by atoms with Crippen molar-refractivity contribution in [1.29, 1.82) is 0 Å². The van der Waals surface area contributed by atoms with Gasteiger partial charge < -0.3 is 0 Å². The van der Waals surface area contributed by atoms with E-state index in [1.54, 1.807) is 0 Å². The Balaban J connectivity index is 1.52. The van der Waals surface area contributed by atoms with Crippen LogP contribution in [0.5, 0.6) is 0 Å². The fraction of sp³-hybridized carbons (Fsp3) is 0.368. The molecular formula is C19H20F2N8. The van der Waals surface area contributed by atoms with Crippen molar-refractivity contribution in [3.05, 3.63) is 47.6 Å². The molecule has 1 unspecified atom stereocenters. The number of aromatic amines is 1. The van der Waals surface area contributed by atoms with E-state index in [9.17, 15) is 8.78 Å². The van der Waals surface area contributed by atoms with Gasteiger partial charge >= 0.3 is 5.92 Å². The van der Waals surface area contributed by atoms with Crippen LogP contribution in [0.4, 0.5) is 8.78 Å². The average molecular weight is 398 g/mol. The molecule has 0 amide bonds. The Morgan fingerprint density at radius 1 is 1.24 bits per heavy atom. The molecule has 1 aromatic carbocycles. The van der Waals surface area contributed by atoms with Crippen molar-refractivity contribution in [3.63, 3.8) is 0 Å². The number of H-pyrrole nitrogens is 1. The molecule has 29 heavy (non-hydrogen) atoms. The van der Waals surface area contributed by atoms with Gasteiger partial charge in [0.1, 0.15) is 5.82 Å². The van der Waals surface area contributed by atoms with Gasteiger partial charge in [-0.2, -0.15) is 14.0 Å². The normalized spacial score (nSPS) is 16.8. The zero-order valence-electron chi connectivity index (χ0n) is 16.0. The molecule has 0 saturated carbocycles. The third-order valence-corrected chi connectivity index (χ3v) is 4.71. The van der Waals surface area contributed by atoms with E-state index in [0.29, 0.717) is 31.0 Å². The summed E-state index contributed by atoms with van der Waals surface area (Å²) in [7, 11) is 0. The Bertz CT molecular complexity index is 1050. The molecule has 0 spiro atoms. The van der Waals surface area contributed by atoms with Crippen molar-refractivity contribution in [2.45, 2.75) is 39.2 Å². The third kappa shape index (κ3) is 3.96. The van der Waals surface area contributed by atoms with E-state index in [1.807, 2.05) is 43.5 Å². The number of nitrogens with zero attached hydrogens (tertiary/aromatic N) is 7. The van der Waals surface area contributed by atoms with Crippen LogP contribution < -0.4 is 0 Å². The summed E-state index contributed by atoms with van der Waals surface area (Å²) in [5.74, 6) is -2.38. The van der Waals surface area contributed by atoms with Crippen molar-refractivity contribution < 1.29 is 8.78 Å². The van der Waals surface area contributed by atoms with E-state index in [-0.39, 0.29) is 5.92 Å². The topological polar surface area (TPSA) is 97.5 Å². The highest BCUT2D eigenvalue weighted by Crippen LogP contribution is 2.30. The molecule has 0 bridgehead atoms. The Kier molecular flexibility index (Phi) is 4.99. The second kappa shape index (κ2) is 7.61. The van der Waals surface area contributed by atoms with Crippen LogP contribution in [0.15, 0.2) is 35.3 Å². The molecule has 8 nitrogen and oxygen atoms in total. The summed E-state index contributed by atoms with van der Waals surface area (Å²) in [5, 5.41) is 18.1.